The molecule has 2 heterocycles. The molecule has 1 aliphatic rings. The van der Waals surface area contributed by atoms with Crippen molar-refractivity contribution in [3.63, 3.8) is 0 Å². The number of thioether (sulfide) groups is 1. The molecule has 24 heavy (non-hydrogen) atoms. The normalized spacial score (nSPS) is 13.8. The molecular formula is C16H15N5OS2. The number of carbonyl (C=O) groups is 1. The molecule has 1 fully saturated rings. The van der Waals surface area contributed by atoms with Crippen LogP contribution in [0.2, 0.25) is 0 Å². The van der Waals surface area contributed by atoms with Crippen molar-refractivity contribution in [3.8, 4) is 5.69 Å². The highest BCUT2D eigenvalue weighted by Gasteiger charge is 2.28. The van der Waals surface area contributed by atoms with Crippen LogP contribution < -0.4 is 5.32 Å². The highest BCUT2D eigenvalue weighted by Crippen LogP contribution is 2.40. The summed E-state index contributed by atoms with van der Waals surface area (Å²) in [6.45, 7) is 0. The van der Waals surface area contributed by atoms with Gasteiger partial charge in [0.05, 0.1) is 17.1 Å². The standard InChI is InChI=1S/C16H15N5OS2/c22-15(9-23-16-19-17-10-24-16)18-14-8-13(11-6-7-11)20-21(14)12-4-2-1-3-5-12/h1-5,8,10-11H,6-7,9H2,(H,18,22). The number of amides is 1. The molecule has 122 valence electrons. The summed E-state index contributed by atoms with van der Waals surface area (Å²) in [5, 5.41) is 15.4. The van der Waals surface area contributed by atoms with Gasteiger partial charge in [-0.1, -0.05) is 41.3 Å². The largest absolute Gasteiger partial charge is 0.310 e. The first kappa shape index (κ1) is 15.3. The predicted molar refractivity (Wildman–Crippen MR) is 94.8 cm³/mol. The number of aromatic nitrogens is 4. The first-order valence-electron chi connectivity index (χ1n) is 7.64. The fourth-order valence-electron chi connectivity index (χ4n) is 2.37. The molecule has 1 saturated carbocycles. The van der Waals surface area contributed by atoms with Crippen LogP contribution in [0.1, 0.15) is 24.5 Å². The summed E-state index contributed by atoms with van der Waals surface area (Å²) < 4.78 is 2.60. The van der Waals surface area contributed by atoms with Gasteiger partial charge in [-0.05, 0) is 25.0 Å². The van der Waals surface area contributed by atoms with Crippen molar-refractivity contribution in [1.82, 2.24) is 20.0 Å². The Morgan fingerprint density at radius 1 is 1.33 bits per heavy atom. The fraction of sp³-hybridized carbons (Fsp3) is 0.250. The first-order chi connectivity index (χ1) is 11.8. The van der Waals surface area contributed by atoms with E-state index < -0.39 is 0 Å². The third kappa shape index (κ3) is 3.49. The van der Waals surface area contributed by atoms with Crippen molar-refractivity contribution in [2.24, 2.45) is 0 Å². The Morgan fingerprint density at radius 3 is 2.88 bits per heavy atom. The zero-order valence-corrected chi connectivity index (χ0v) is 14.4. The van der Waals surface area contributed by atoms with Crippen LogP contribution in [0.15, 0.2) is 46.2 Å². The minimum Gasteiger partial charge on any atom is -0.310 e. The third-order valence-corrected chi connectivity index (χ3v) is 5.52. The molecule has 1 aliphatic carbocycles. The molecule has 6 nitrogen and oxygen atoms in total. The lowest BCUT2D eigenvalue weighted by Gasteiger charge is -2.08. The second kappa shape index (κ2) is 6.74. The van der Waals surface area contributed by atoms with E-state index in [9.17, 15) is 4.79 Å². The summed E-state index contributed by atoms with van der Waals surface area (Å²) in [7, 11) is 0. The van der Waals surface area contributed by atoms with Crippen LogP contribution >= 0.6 is 23.1 Å². The molecule has 1 N–H and O–H groups in total. The SMILES string of the molecule is O=C(CSc1nncs1)Nc1cc(C2CC2)nn1-c1ccccc1. The van der Waals surface area contributed by atoms with E-state index in [0.717, 1.165) is 15.7 Å². The summed E-state index contributed by atoms with van der Waals surface area (Å²) in [5.74, 6) is 1.47. The third-order valence-electron chi connectivity index (χ3n) is 3.66. The lowest BCUT2D eigenvalue weighted by molar-refractivity contribution is -0.113. The molecule has 3 aromatic rings. The molecule has 2 aromatic heterocycles. The van der Waals surface area contributed by atoms with Crippen LogP contribution in [0.4, 0.5) is 5.82 Å². The van der Waals surface area contributed by atoms with Crippen LogP contribution in [0.5, 0.6) is 0 Å². The fourth-order valence-corrected chi connectivity index (χ4v) is 3.65. The summed E-state index contributed by atoms with van der Waals surface area (Å²) in [6, 6.07) is 11.8. The predicted octanol–water partition coefficient (Wildman–Crippen LogP) is 3.33. The first-order valence-corrected chi connectivity index (χ1v) is 9.50. The highest BCUT2D eigenvalue weighted by atomic mass is 32.2. The Hall–Kier alpha value is -2.19. The summed E-state index contributed by atoms with van der Waals surface area (Å²) in [4.78, 5) is 12.3. The van der Waals surface area contributed by atoms with Gasteiger partial charge in [-0.3, -0.25) is 4.79 Å². The Kier molecular flexibility index (Phi) is 4.31. The van der Waals surface area contributed by atoms with Crippen molar-refractivity contribution in [3.05, 3.63) is 47.6 Å². The lowest BCUT2D eigenvalue weighted by atomic mass is 10.3. The molecule has 1 amide bonds. The Labute approximate surface area is 147 Å². The van der Waals surface area contributed by atoms with Crippen molar-refractivity contribution in [2.45, 2.75) is 23.1 Å². The molecule has 0 unspecified atom stereocenters. The number of anilines is 1. The van der Waals surface area contributed by atoms with E-state index in [1.54, 1.807) is 10.2 Å². The van der Waals surface area contributed by atoms with Gasteiger partial charge >= 0.3 is 0 Å². The number of nitrogens with one attached hydrogen (secondary N) is 1. The number of carbonyl (C=O) groups excluding carboxylic acids is 1. The van der Waals surface area contributed by atoms with Crippen LogP contribution in [-0.2, 0) is 4.79 Å². The van der Waals surface area contributed by atoms with Gasteiger partial charge in [-0.15, -0.1) is 10.2 Å². The second-order valence-corrected chi connectivity index (χ2v) is 7.57. The molecule has 0 aliphatic heterocycles. The van der Waals surface area contributed by atoms with E-state index in [1.807, 2.05) is 36.4 Å². The van der Waals surface area contributed by atoms with E-state index in [4.69, 9.17) is 0 Å². The van der Waals surface area contributed by atoms with Gasteiger partial charge in [0, 0.05) is 12.0 Å². The van der Waals surface area contributed by atoms with Crippen molar-refractivity contribution >= 4 is 34.8 Å². The zero-order chi connectivity index (χ0) is 16.4. The second-order valence-electron chi connectivity index (χ2n) is 5.52. The minimum atomic E-state index is -0.0744. The molecule has 0 atom stereocenters. The summed E-state index contributed by atoms with van der Waals surface area (Å²) >= 11 is 2.82. The van der Waals surface area contributed by atoms with E-state index in [1.165, 1.54) is 35.9 Å². The molecule has 4 rings (SSSR count). The average molecular weight is 357 g/mol. The van der Waals surface area contributed by atoms with Crippen molar-refractivity contribution in [1.29, 1.82) is 0 Å². The number of nitrogens with zero attached hydrogens (tertiary/aromatic N) is 4. The molecule has 8 heteroatoms. The van der Waals surface area contributed by atoms with Gasteiger partial charge in [0.2, 0.25) is 5.91 Å². The van der Waals surface area contributed by atoms with Gasteiger partial charge in [-0.2, -0.15) is 5.10 Å². The Morgan fingerprint density at radius 2 is 2.17 bits per heavy atom. The zero-order valence-electron chi connectivity index (χ0n) is 12.8. The van der Waals surface area contributed by atoms with Gasteiger partial charge in [0.15, 0.2) is 4.34 Å². The number of benzene rings is 1. The maximum Gasteiger partial charge on any atom is 0.235 e. The van der Waals surface area contributed by atoms with E-state index in [0.29, 0.717) is 17.5 Å². The molecule has 0 saturated heterocycles. The maximum atomic E-state index is 12.3. The quantitative estimate of drug-likeness (QED) is 0.685. The van der Waals surface area contributed by atoms with Gasteiger partial charge < -0.3 is 5.32 Å². The molecule has 1 aromatic carbocycles. The highest BCUT2D eigenvalue weighted by molar-refractivity contribution is 8.01. The monoisotopic (exact) mass is 357 g/mol. The number of para-hydroxylation sites is 1. The van der Waals surface area contributed by atoms with E-state index in [2.05, 4.69) is 20.6 Å². The van der Waals surface area contributed by atoms with E-state index in [-0.39, 0.29) is 5.91 Å². The Bertz CT molecular complexity index is 828. The Balaban J connectivity index is 1.52. The topological polar surface area (TPSA) is 72.7 Å². The van der Waals surface area contributed by atoms with Crippen LogP contribution in [0.3, 0.4) is 0 Å². The minimum absolute atomic E-state index is 0.0744. The molecular weight excluding hydrogens is 342 g/mol. The number of rotatable bonds is 6. The lowest BCUT2D eigenvalue weighted by Crippen LogP contribution is -2.16. The van der Waals surface area contributed by atoms with Gasteiger partial charge in [0.25, 0.3) is 0 Å². The van der Waals surface area contributed by atoms with Gasteiger partial charge in [0.1, 0.15) is 11.3 Å². The summed E-state index contributed by atoms with van der Waals surface area (Å²) in [5.41, 5.74) is 3.65. The number of hydrogen-bond donors (Lipinski definition) is 1. The summed E-state index contributed by atoms with van der Waals surface area (Å²) in [6.07, 6.45) is 2.35. The van der Waals surface area contributed by atoms with Gasteiger partial charge in [-0.25, -0.2) is 4.68 Å². The van der Waals surface area contributed by atoms with E-state index >= 15 is 0 Å². The van der Waals surface area contributed by atoms with Crippen molar-refractivity contribution < 1.29 is 4.79 Å². The molecule has 0 spiro atoms. The average Bonchev–Trinajstić information content (AvgIpc) is 3.17. The van der Waals surface area contributed by atoms with Crippen molar-refractivity contribution in [2.75, 3.05) is 11.1 Å². The maximum absolute atomic E-state index is 12.3. The van der Waals surface area contributed by atoms with Crippen LogP contribution in [0.25, 0.3) is 5.69 Å². The smallest absolute Gasteiger partial charge is 0.235 e. The molecule has 0 radical (unpaired) electrons. The van der Waals surface area contributed by atoms with Crippen LogP contribution in [0, 0.1) is 0 Å². The number of hydrogen-bond acceptors (Lipinski definition) is 6. The molecule has 0 bridgehead atoms. The van der Waals surface area contributed by atoms with Crippen LogP contribution in [-0.4, -0.2) is 31.6 Å².